The van der Waals surface area contributed by atoms with Gasteiger partial charge in [0, 0.05) is 16.6 Å². The molecule has 3 rings (SSSR count). The van der Waals surface area contributed by atoms with E-state index in [1.807, 2.05) is 54.6 Å². The van der Waals surface area contributed by atoms with Crippen LogP contribution in [0, 0.1) is 6.92 Å². The zero-order valence-corrected chi connectivity index (χ0v) is 14.6. The van der Waals surface area contributed by atoms with E-state index >= 15 is 0 Å². The van der Waals surface area contributed by atoms with E-state index in [9.17, 15) is 4.79 Å². The number of carbonyl (C=O) groups excluding carboxylic acids is 1. The number of hydrogen-bond donors (Lipinski definition) is 2. The largest absolute Gasteiger partial charge is 0.354 e. The van der Waals surface area contributed by atoms with Crippen molar-refractivity contribution in [2.75, 3.05) is 5.32 Å². The van der Waals surface area contributed by atoms with Crippen LogP contribution < -0.4 is 10.6 Å². The minimum atomic E-state index is -0.302. The van der Waals surface area contributed by atoms with E-state index in [-0.39, 0.29) is 6.03 Å². The summed E-state index contributed by atoms with van der Waals surface area (Å²) in [6.07, 6.45) is 0. The van der Waals surface area contributed by atoms with Crippen LogP contribution >= 0.6 is 15.9 Å². The summed E-state index contributed by atoms with van der Waals surface area (Å²) in [6.45, 7) is 2.24. The number of urea groups is 1. The van der Waals surface area contributed by atoms with E-state index in [1.54, 1.807) is 6.92 Å². The molecule has 24 heavy (non-hydrogen) atoms. The maximum absolute atomic E-state index is 12.2. The Labute approximate surface area is 148 Å². The van der Waals surface area contributed by atoms with Crippen molar-refractivity contribution in [3.8, 4) is 11.3 Å². The number of benzene rings is 2. The highest BCUT2D eigenvalue weighted by atomic mass is 79.9. The summed E-state index contributed by atoms with van der Waals surface area (Å²) in [5.41, 5.74) is 3.07. The molecule has 0 unspecified atom stereocenters. The SMILES string of the molecule is Cc1noc(-c2ccc(Br)cc2)c1NC(=O)NCc1ccccc1. The van der Waals surface area contributed by atoms with Gasteiger partial charge in [-0.15, -0.1) is 0 Å². The maximum atomic E-state index is 12.2. The van der Waals surface area contributed by atoms with Gasteiger partial charge in [0.05, 0.1) is 0 Å². The van der Waals surface area contributed by atoms with Crippen LogP contribution in [0.5, 0.6) is 0 Å². The number of hydrogen-bond acceptors (Lipinski definition) is 3. The normalized spacial score (nSPS) is 10.4. The summed E-state index contributed by atoms with van der Waals surface area (Å²) in [4.78, 5) is 12.2. The van der Waals surface area contributed by atoms with Gasteiger partial charge in [-0.2, -0.15) is 0 Å². The van der Waals surface area contributed by atoms with Crippen molar-refractivity contribution < 1.29 is 9.32 Å². The number of rotatable bonds is 4. The van der Waals surface area contributed by atoms with Gasteiger partial charge in [-0.05, 0) is 36.8 Å². The molecule has 0 aliphatic rings. The molecule has 0 aliphatic carbocycles. The second kappa shape index (κ2) is 7.31. The molecule has 2 N–H and O–H groups in total. The van der Waals surface area contributed by atoms with Crippen molar-refractivity contribution in [1.82, 2.24) is 10.5 Å². The van der Waals surface area contributed by atoms with Gasteiger partial charge in [-0.25, -0.2) is 4.79 Å². The van der Waals surface area contributed by atoms with Gasteiger partial charge in [0.1, 0.15) is 11.4 Å². The molecule has 122 valence electrons. The number of aryl methyl sites for hydroxylation is 1. The number of nitrogens with zero attached hydrogens (tertiary/aromatic N) is 1. The van der Waals surface area contributed by atoms with Gasteiger partial charge < -0.3 is 15.2 Å². The van der Waals surface area contributed by atoms with Gasteiger partial charge in [0.25, 0.3) is 0 Å². The van der Waals surface area contributed by atoms with Crippen LogP contribution in [0.1, 0.15) is 11.3 Å². The number of halogens is 1. The van der Waals surface area contributed by atoms with E-state index in [1.165, 1.54) is 0 Å². The van der Waals surface area contributed by atoms with Crippen molar-refractivity contribution in [3.63, 3.8) is 0 Å². The van der Waals surface area contributed by atoms with Crippen molar-refractivity contribution in [1.29, 1.82) is 0 Å². The van der Waals surface area contributed by atoms with Gasteiger partial charge in [0.15, 0.2) is 5.76 Å². The standard InChI is InChI=1S/C18H16BrN3O2/c1-12-16(17(24-22-12)14-7-9-15(19)10-8-14)21-18(23)20-11-13-5-3-2-4-6-13/h2-10H,11H2,1H3,(H2,20,21,23). The number of aromatic nitrogens is 1. The maximum Gasteiger partial charge on any atom is 0.319 e. The molecule has 0 radical (unpaired) electrons. The van der Waals surface area contributed by atoms with Crippen molar-refractivity contribution in [3.05, 3.63) is 70.3 Å². The Balaban J connectivity index is 1.72. The van der Waals surface area contributed by atoms with Crippen LogP contribution in [-0.2, 0) is 6.54 Å². The minimum absolute atomic E-state index is 0.302. The molecule has 0 saturated carbocycles. The molecule has 3 aromatic rings. The molecule has 5 nitrogen and oxygen atoms in total. The smallest absolute Gasteiger partial charge is 0.319 e. The molecule has 0 fully saturated rings. The third kappa shape index (κ3) is 3.83. The van der Waals surface area contributed by atoms with E-state index in [2.05, 4.69) is 31.7 Å². The number of carbonyl (C=O) groups is 1. The molecule has 6 heteroatoms. The van der Waals surface area contributed by atoms with Gasteiger partial charge in [0.2, 0.25) is 0 Å². The van der Waals surface area contributed by atoms with E-state index < -0.39 is 0 Å². The molecular formula is C18H16BrN3O2. The van der Waals surface area contributed by atoms with Crippen LogP contribution in [0.15, 0.2) is 63.6 Å². The summed E-state index contributed by atoms with van der Waals surface area (Å²) in [5, 5.41) is 9.61. The first-order valence-corrected chi connectivity index (χ1v) is 8.24. The minimum Gasteiger partial charge on any atom is -0.354 e. The zero-order chi connectivity index (χ0) is 16.9. The Kier molecular flexibility index (Phi) is 4.96. The third-order valence-corrected chi connectivity index (χ3v) is 4.03. The van der Waals surface area contributed by atoms with Crippen molar-refractivity contribution in [2.45, 2.75) is 13.5 Å². The number of amides is 2. The first-order chi connectivity index (χ1) is 11.6. The average Bonchev–Trinajstić information content (AvgIpc) is 2.95. The molecule has 2 amide bonds. The Morgan fingerprint density at radius 1 is 1.12 bits per heavy atom. The first kappa shape index (κ1) is 16.3. The van der Waals surface area contributed by atoms with Gasteiger partial charge in [-0.1, -0.05) is 51.4 Å². The van der Waals surface area contributed by atoms with Crippen molar-refractivity contribution >= 4 is 27.6 Å². The van der Waals surface area contributed by atoms with E-state index in [4.69, 9.17) is 4.52 Å². The Bertz CT molecular complexity index is 829. The topological polar surface area (TPSA) is 67.2 Å². The lowest BCUT2D eigenvalue weighted by molar-refractivity contribution is 0.251. The molecule has 0 bridgehead atoms. The Morgan fingerprint density at radius 2 is 1.83 bits per heavy atom. The average molecular weight is 386 g/mol. The van der Waals surface area contributed by atoms with Crippen molar-refractivity contribution in [2.24, 2.45) is 0 Å². The lowest BCUT2D eigenvalue weighted by Crippen LogP contribution is -2.28. The highest BCUT2D eigenvalue weighted by Crippen LogP contribution is 2.31. The number of anilines is 1. The van der Waals surface area contributed by atoms with Crippen LogP contribution in [0.4, 0.5) is 10.5 Å². The summed E-state index contributed by atoms with van der Waals surface area (Å²) in [6, 6.07) is 17.0. The van der Waals surface area contributed by atoms with E-state index in [0.29, 0.717) is 23.7 Å². The fourth-order valence-corrected chi connectivity index (χ4v) is 2.52. The molecule has 0 saturated heterocycles. The Morgan fingerprint density at radius 3 is 2.54 bits per heavy atom. The fourth-order valence-electron chi connectivity index (χ4n) is 2.25. The summed E-state index contributed by atoms with van der Waals surface area (Å²) >= 11 is 3.40. The lowest BCUT2D eigenvalue weighted by atomic mass is 10.1. The predicted octanol–water partition coefficient (Wildman–Crippen LogP) is 4.73. The fraction of sp³-hybridized carbons (Fsp3) is 0.111. The second-order valence-corrected chi connectivity index (χ2v) is 6.19. The van der Waals surface area contributed by atoms with Crippen LogP contribution in [0.25, 0.3) is 11.3 Å². The highest BCUT2D eigenvalue weighted by molar-refractivity contribution is 9.10. The summed E-state index contributed by atoms with van der Waals surface area (Å²) in [7, 11) is 0. The highest BCUT2D eigenvalue weighted by Gasteiger charge is 2.17. The second-order valence-electron chi connectivity index (χ2n) is 5.27. The quantitative estimate of drug-likeness (QED) is 0.681. The summed E-state index contributed by atoms with van der Waals surface area (Å²) in [5.74, 6) is 0.537. The zero-order valence-electron chi connectivity index (χ0n) is 13.0. The molecule has 1 aromatic heterocycles. The van der Waals surface area contributed by atoms with Gasteiger partial charge >= 0.3 is 6.03 Å². The first-order valence-electron chi connectivity index (χ1n) is 7.44. The molecule has 0 atom stereocenters. The predicted molar refractivity (Wildman–Crippen MR) is 96.7 cm³/mol. The third-order valence-electron chi connectivity index (χ3n) is 3.50. The summed E-state index contributed by atoms with van der Waals surface area (Å²) < 4.78 is 6.35. The monoisotopic (exact) mass is 385 g/mol. The molecule has 0 aliphatic heterocycles. The molecule has 1 heterocycles. The lowest BCUT2D eigenvalue weighted by Gasteiger charge is -2.08. The molecular weight excluding hydrogens is 370 g/mol. The van der Waals surface area contributed by atoms with Crippen LogP contribution in [-0.4, -0.2) is 11.2 Å². The van der Waals surface area contributed by atoms with E-state index in [0.717, 1.165) is 15.6 Å². The Hall–Kier alpha value is -2.60. The molecule has 0 spiro atoms. The van der Waals surface area contributed by atoms with Gasteiger partial charge in [-0.3, -0.25) is 0 Å². The molecule has 2 aromatic carbocycles. The van der Waals surface area contributed by atoms with Crippen LogP contribution in [0.3, 0.4) is 0 Å². The number of nitrogens with one attached hydrogen (secondary N) is 2. The van der Waals surface area contributed by atoms with Crippen LogP contribution in [0.2, 0.25) is 0 Å².